The molecule has 0 heterocycles. The Hall–Kier alpha value is -2.17. The van der Waals surface area contributed by atoms with Crippen LogP contribution in [0.1, 0.15) is 5.56 Å². The smallest absolute Gasteiger partial charge is 0.330 e. The molecule has 0 bridgehead atoms. The number of hydrogen-bond donors (Lipinski definition) is 2. The highest BCUT2D eigenvalue weighted by atomic mass is 16.5. The standard InChI is InChI=1S/C11H12O5/c1-15-9(13)6-4-7-3-5-8(12)10(14)11(7)16-2/h3-6,12,14H,1-2H3/b6-4+. The first-order valence-corrected chi connectivity index (χ1v) is 4.45. The van der Waals surface area contributed by atoms with Gasteiger partial charge in [0.25, 0.3) is 0 Å². The lowest BCUT2D eigenvalue weighted by atomic mass is 10.1. The average Bonchev–Trinajstić information content (AvgIpc) is 2.30. The van der Waals surface area contributed by atoms with E-state index < -0.39 is 5.97 Å². The number of hydrogen-bond acceptors (Lipinski definition) is 5. The van der Waals surface area contributed by atoms with Crippen LogP contribution in [0.4, 0.5) is 0 Å². The third-order valence-corrected chi connectivity index (χ3v) is 1.94. The molecule has 5 nitrogen and oxygen atoms in total. The van der Waals surface area contributed by atoms with Crippen LogP contribution in [0.25, 0.3) is 6.08 Å². The molecule has 0 radical (unpaired) electrons. The molecule has 0 aliphatic heterocycles. The molecule has 5 heteroatoms. The van der Waals surface area contributed by atoms with Gasteiger partial charge in [-0.15, -0.1) is 0 Å². The Morgan fingerprint density at radius 3 is 2.56 bits per heavy atom. The van der Waals surface area contributed by atoms with E-state index in [4.69, 9.17) is 4.74 Å². The number of rotatable bonds is 3. The molecule has 0 unspecified atom stereocenters. The Morgan fingerprint density at radius 1 is 1.31 bits per heavy atom. The zero-order valence-electron chi connectivity index (χ0n) is 8.93. The predicted octanol–water partition coefficient (Wildman–Crippen LogP) is 1.29. The highest BCUT2D eigenvalue weighted by Crippen LogP contribution is 2.38. The molecule has 0 spiro atoms. The van der Waals surface area contributed by atoms with Crippen molar-refractivity contribution in [2.24, 2.45) is 0 Å². The Bertz CT molecular complexity index is 423. The molecule has 86 valence electrons. The molecule has 1 aromatic carbocycles. The highest BCUT2D eigenvalue weighted by Gasteiger charge is 2.10. The summed E-state index contributed by atoms with van der Waals surface area (Å²) < 4.78 is 9.33. The van der Waals surface area contributed by atoms with E-state index in [0.29, 0.717) is 5.56 Å². The molecule has 0 aromatic heterocycles. The summed E-state index contributed by atoms with van der Waals surface area (Å²) in [7, 11) is 2.61. The van der Waals surface area contributed by atoms with Crippen molar-refractivity contribution in [1.82, 2.24) is 0 Å². The number of phenols is 2. The summed E-state index contributed by atoms with van der Waals surface area (Å²) in [6.45, 7) is 0. The SMILES string of the molecule is COC(=O)/C=C/c1ccc(O)c(O)c1OC. The average molecular weight is 224 g/mol. The summed E-state index contributed by atoms with van der Waals surface area (Å²) >= 11 is 0. The third-order valence-electron chi connectivity index (χ3n) is 1.94. The van der Waals surface area contributed by atoms with Gasteiger partial charge in [0.15, 0.2) is 11.5 Å². The van der Waals surface area contributed by atoms with E-state index in [0.717, 1.165) is 0 Å². The molecular weight excluding hydrogens is 212 g/mol. The molecule has 1 rings (SSSR count). The van der Waals surface area contributed by atoms with Crippen LogP contribution in [-0.4, -0.2) is 30.4 Å². The van der Waals surface area contributed by atoms with E-state index in [1.165, 1.54) is 38.5 Å². The van der Waals surface area contributed by atoms with Crippen LogP contribution >= 0.6 is 0 Å². The van der Waals surface area contributed by atoms with Crippen molar-refractivity contribution in [3.05, 3.63) is 23.8 Å². The van der Waals surface area contributed by atoms with Gasteiger partial charge in [-0.1, -0.05) is 0 Å². The van der Waals surface area contributed by atoms with Crippen LogP contribution in [0.3, 0.4) is 0 Å². The fourth-order valence-corrected chi connectivity index (χ4v) is 1.15. The van der Waals surface area contributed by atoms with Crippen molar-refractivity contribution in [3.63, 3.8) is 0 Å². The lowest BCUT2D eigenvalue weighted by Crippen LogP contribution is -1.94. The van der Waals surface area contributed by atoms with Gasteiger partial charge < -0.3 is 19.7 Å². The second-order valence-corrected chi connectivity index (χ2v) is 2.91. The van der Waals surface area contributed by atoms with Crippen LogP contribution in [0.5, 0.6) is 17.2 Å². The Morgan fingerprint density at radius 2 is 2.00 bits per heavy atom. The van der Waals surface area contributed by atoms with Crippen molar-refractivity contribution in [1.29, 1.82) is 0 Å². The maximum absolute atomic E-state index is 10.9. The van der Waals surface area contributed by atoms with Gasteiger partial charge in [0, 0.05) is 11.6 Å². The number of ether oxygens (including phenoxy) is 2. The van der Waals surface area contributed by atoms with Crippen LogP contribution in [0.15, 0.2) is 18.2 Å². The fraction of sp³-hybridized carbons (Fsp3) is 0.182. The van der Waals surface area contributed by atoms with Gasteiger partial charge in [-0.3, -0.25) is 0 Å². The topological polar surface area (TPSA) is 76.0 Å². The van der Waals surface area contributed by atoms with E-state index in [-0.39, 0.29) is 17.2 Å². The number of carbonyl (C=O) groups excluding carboxylic acids is 1. The summed E-state index contributed by atoms with van der Waals surface area (Å²) in [6.07, 6.45) is 2.61. The minimum atomic E-state index is -0.519. The number of esters is 1. The summed E-state index contributed by atoms with van der Waals surface area (Å²) in [4.78, 5) is 10.9. The van der Waals surface area contributed by atoms with Gasteiger partial charge in [0.05, 0.1) is 14.2 Å². The Kier molecular flexibility index (Phi) is 3.77. The minimum absolute atomic E-state index is 0.0974. The second-order valence-electron chi connectivity index (χ2n) is 2.91. The quantitative estimate of drug-likeness (QED) is 0.459. The summed E-state index contributed by atoms with van der Waals surface area (Å²) in [5, 5.41) is 18.7. The van der Waals surface area contributed by atoms with E-state index in [1.807, 2.05) is 0 Å². The lowest BCUT2D eigenvalue weighted by Gasteiger charge is -2.08. The molecule has 0 amide bonds. The van der Waals surface area contributed by atoms with Crippen LogP contribution in [0, 0.1) is 0 Å². The van der Waals surface area contributed by atoms with Crippen molar-refractivity contribution >= 4 is 12.0 Å². The van der Waals surface area contributed by atoms with Crippen molar-refractivity contribution in [3.8, 4) is 17.2 Å². The van der Waals surface area contributed by atoms with E-state index in [2.05, 4.69) is 4.74 Å². The predicted molar refractivity (Wildman–Crippen MR) is 57.4 cm³/mol. The second kappa shape index (κ2) is 5.06. The summed E-state index contributed by atoms with van der Waals surface area (Å²) in [6, 6.07) is 2.81. The Balaban J connectivity index is 3.10. The normalized spacial score (nSPS) is 10.4. The number of aromatic hydroxyl groups is 2. The molecule has 1 aromatic rings. The van der Waals surface area contributed by atoms with Gasteiger partial charge in [-0.2, -0.15) is 0 Å². The molecule has 0 saturated heterocycles. The molecule has 0 atom stereocenters. The van der Waals surface area contributed by atoms with Crippen LogP contribution < -0.4 is 4.74 Å². The zero-order chi connectivity index (χ0) is 12.1. The van der Waals surface area contributed by atoms with Crippen molar-refractivity contribution < 1.29 is 24.5 Å². The monoisotopic (exact) mass is 224 g/mol. The third kappa shape index (κ3) is 2.44. The summed E-state index contributed by atoms with van der Waals surface area (Å²) in [5.41, 5.74) is 0.461. The zero-order valence-corrected chi connectivity index (χ0v) is 8.93. The van der Waals surface area contributed by atoms with Gasteiger partial charge in [0.1, 0.15) is 0 Å². The summed E-state index contributed by atoms with van der Waals surface area (Å²) in [5.74, 6) is -1.07. The first kappa shape index (κ1) is 11.9. The van der Waals surface area contributed by atoms with Gasteiger partial charge in [-0.25, -0.2) is 4.79 Å². The van der Waals surface area contributed by atoms with Gasteiger partial charge in [-0.05, 0) is 18.2 Å². The maximum Gasteiger partial charge on any atom is 0.330 e. The van der Waals surface area contributed by atoms with Gasteiger partial charge in [0.2, 0.25) is 5.75 Å². The van der Waals surface area contributed by atoms with E-state index in [9.17, 15) is 15.0 Å². The molecule has 0 aliphatic carbocycles. The van der Waals surface area contributed by atoms with E-state index in [1.54, 1.807) is 0 Å². The maximum atomic E-state index is 10.9. The Labute approximate surface area is 92.5 Å². The minimum Gasteiger partial charge on any atom is -0.504 e. The molecular formula is C11H12O5. The fourth-order valence-electron chi connectivity index (χ4n) is 1.15. The lowest BCUT2D eigenvalue weighted by molar-refractivity contribution is -0.134. The highest BCUT2D eigenvalue weighted by molar-refractivity contribution is 5.87. The number of carbonyl (C=O) groups is 1. The molecule has 2 N–H and O–H groups in total. The number of methoxy groups -OCH3 is 2. The van der Waals surface area contributed by atoms with Crippen LogP contribution in [-0.2, 0) is 9.53 Å². The number of phenolic OH excluding ortho intramolecular Hbond substituents is 2. The number of benzene rings is 1. The largest absolute Gasteiger partial charge is 0.504 e. The van der Waals surface area contributed by atoms with Crippen molar-refractivity contribution in [2.45, 2.75) is 0 Å². The molecule has 0 aliphatic rings. The van der Waals surface area contributed by atoms with E-state index >= 15 is 0 Å². The molecule has 0 saturated carbocycles. The molecule has 16 heavy (non-hydrogen) atoms. The first-order valence-electron chi connectivity index (χ1n) is 4.45. The molecule has 0 fully saturated rings. The van der Waals surface area contributed by atoms with Crippen molar-refractivity contribution in [2.75, 3.05) is 14.2 Å². The van der Waals surface area contributed by atoms with Gasteiger partial charge >= 0.3 is 5.97 Å². The van der Waals surface area contributed by atoms with Crippen LogP contribution in [0.2, 0.25) is 0 Å². The first-order chi connectivity index (χ1) is 7.60.